The molecule has 6 fully saturated rings. The fourth-order valence-corrected chi connectivity index (χ4v) is 13.8. The third kappa shape index (κ3) is 10.3. The summed E-state index contributed by atoms with van der Waals surface area (Å²) in [7, 11) is 1.75. The average Bonchev–Trinajstić information content (AvgIpc) is 3.82. The molecular weight excluding hydrogens is 957 g/mol. The first-order valence-electron chi connectivity index (χ1n) is 27.5. The van der Waals surface area contributed by atoms with Crippen molar-refractivity contribution in [3.05, 3.63) is 57.7 Å². The van der Waals surface area contributed by atoms with Gasteiger partial charge in [-0.1, -0.05) is 47.6 Å². The third-order valence-electron chi connectivity index (χ3n) is 17.5. The quantitative estimate of drug-likeness (QED) is 0.136. The van der Waals surface area contributed by atoms with Crippen molar-refractivity contribution in [2.24, 2.45) is 28.6 Å². The number of carbonyl (C=O) groups is 3. The summed E-state index contributed by atoms with van der Waals surface area (Å²) in [5.74, 6) is -0.185. The van der Waals surface area contributed by atoms with Crippen LogP contribution >= 0.6 is 11.3 Å². The maximum atomic E-state index is 15.1. The van der Waals surface area contributed by atoms with Gasteiger partial charge in [-0.15, -0.1) is 11.3 Å². The molecule has 0 radical (unpaired) electrons. The van der Waals surface area contributed by atoms with Crippen LogP contribution < -0.4 is 10.7 Å². The molecule has 1 aliphatic carbocycles. The van der Waals surface area contributed by atoms with E-state index in [9.17, 15) is 9.59 Å². The van der Waals surface area contributed by atoms with Crippen molar-refractivity contribution in [2.45, 2.75) is 136 Å². The van der Waals surface area contributed by atoms with Crippen molar-refractivity contribution in [2.75, 3.05) is 79.5 Å². The summed E-state index contributed by atoms with van der Waals surface area (Å²) >= 11 is 1.54. The smallest absolute Gasteiger partial charge is 0.324 e. The number of pyridine rings is 1. The van der Waals surface area contributed by atoms with Crippen LogP contribution in [0.3, 0.4) is 0 Å². The van der Waals surface area contributed by atoms with Gasteiger partial charge in [0.25, 0.3) is 5.91 Å². The molecule has 6 bridgehead atoms. The second kappa shape index (κ2) is 20.9. The molecule has 74 heavy (non-hydrogen) atoms. The number of cyclic esters (lactones) is 1. The van der Waals surface area contributed by atoms with Gasteiger partial charge >= 0.3 is 5.97 Å². The van der Waals surface area contributed by atoms with Crippen LogP contribution in [0.25, 0.3) is 33.4 Å². The second-order valence-electron chi connectivity index (χ2n) is 24.2. The molecule has 400 valence electrons. The molecule has 16 nitrogen and oxygen atoms in total. The zero-order chi connectivity index (χ0) is 51.6. The van der Waals surface area contributed by atoms with E-state index in [-0.39, 0.29) is 53.8 Å². The van der Waals surface area contributed by atoms with Gasteiger partial charge in [0.05, 0.1) is 67.8 Å². The number of fused-ring (bicyclic) bond motifs is 6. The molecule has 17 heteroatoms. The number of benzene rings is 1. The van der Waals surface area contributed by atoms with E-state index in [1.165, 1.54) is 16.9 Å². The van der Waals surface area contributed by atoms with Crippen LogP contribution in [-0.2, 0) is 51.0 Å². The molecule has 2 unspecified atom stereocenters. The summed E-state index contributed by atoms with van der Waals surface area (Å²) in [5.41, 5.74) is 10.9. The van der Waals surface area contributed by atoms with E-state index in [1.807, 2.05) is 0 Å². The molecule has 6 aliphatic heterocycles. The van der Waals surface area contributed by atoms with Gasteiger partial charge in [-0.25, -0.2) is 10.4 Å². The highest BCUT2D eigenvalue weighted by atomic mass is 32.1. The predicted octanol–water partition coefficient (Wildman–Crippen LogP) is 7.31. The van der Waals surface area contributed by atoms with Crippen molar-refractivity contribution >= 4 is 40.0 Å². The summed E-state index contributed by atoms with van der Waals surface area (Å²) in [6.07, 6.45) is 6.38. The number of thiazole rings is 1. The Labute approximate surface area is 440 Å². The van der Waals surface area contributed by atoms with Gasteiger partial charge in [-0.05, 0) is 104 Å². The molecule has 0 spiro atoms. The molecule has 1 aromatic carbocycles. The molecule has 2 N–H and O–H groups in total. The number of aromatic nitrogens is 3. The van der Waals surface area contributed by atoms with Crippen molar-refractivity contribution in [1.82, 2.24) is 40.1 Å². The first-order chi connectivity index (χ1) is 35.6. The lowest BCUT2D eigenvalue weighted by atomic mass is 9.82. The molecule has 2 amide bonds. The number of rotatable bonds is 12. The van der Waals surface area contributed by atoms with E-state index >= 15 is 4.79 Å². The maximum Gasteiger partial charge on any atom is 0.324 e. The van der Waals surface area contributed by atoms with Crippen LogP contribution in [0.2, 0.25) is 0 Å². The van der Waals surface area contributed by atoms with Gasteiger partial charge in [0.15, 0.2) is 0 Å². The fourth-order valence-electron chi connectivity index (χ4n) is 12.8. The molecule has 3 aromatic heterocycles. The number of amides is 2. The Bertz CT molecular complexity index is 2710. The van der Waals surface area contributed by atoms with Gasteiger partial charge in [0, 0.05) is 98.0 Å². The molecule has 9 heterocycles. The number of esters is 1. The van der Waals surface area contributed by atoms with Crippen LogP contribution in [0, 0.1) is 28.6 Å². The predicted molar refractivity (Wildman–Crippen MR) is 283 cm³/mol. The van der Waals surface area contributed by atoms with Crippen LogP contribution in [-0.4, -0.2) is 151 Å². The monoisotopic (exact) mass is 1030 g/mol. The Morgan fingerprint density at radius 1 is 0.986 bits per heavy atom. The Balaban J connectivity index is 1.07. The second-order valence-corrected chi connectivity index (χ2v) is 25.1. The van der Waals surface area contributed by atoms with Crippen LogP contribution in [0.1, 0.15) is 120 Å². The largest absolute Gasteiger partial charge is 0.464 e. The number of hydrogen-bond donors (Lipinski definition) is 2. The Hall–Kier alpha value is -4.33. The molecule has 8 atom stereocenters. The molecular formula is C57H78N8O8S. The number of hydrogen-bond acceptors (Lipinski definition) is 14. The SMILES string of the molecule is CO[C@@H](C)c1ncc([C@@H]2CCN(C3COC3)C2)cc1-c1c2c3cc(ccc3n1CCOC1CCOCC1)-c1csc(n1)C(N1CC(C)(C)C1)[C@H](NC(=O)C1[C@@H](C)[C@H]1C)C(=O)N1CCC[C@H](N1)C(=O)OCC(C)(C)C2. The standard InChI is InChI=1S/C57H78N8O8S/c1-33-34(2)47(33)52(66)60-49-51(63-30-57(6,7)31-63)53-59-45(29-74-53)36-11-12-46-41(22-36)43(24-56(4,5)32-73-55(68)44-10-9-16-65(61-44)54(49)67)50(64(46)18-21-72-40-14-19-70-20-15-40)42-23-38(25-58-48(42)35(3)69-8)37-13-17-62(26-37)39-27-71-28-39/h11-12,22-23,25,29,33-35,37,39-40,44,47,49,51,61H,9-10,13-21,24,26-28,30-32H2,1-8H3,(H,60,66)/t33-,34+,35-,37+,44-,47?,49-,51?/m0/s1. The number of nitrogens with one attached hydrogen (secondary N) is 2. The lowest BCUT2D eigenvalue weighted by Gasteiger charge is -2.51. The van der Waals surface area contributed by atoms with Crippen LogP contribution in [0.15, 0.2) is 35.8 Å². The van der Waals surface area contributed by atoms with E-state index in [1.54, 1.807) is 12.1 Å². The number of methoxy groups -OCH3 is 1. The van der Waals surface area contributed by atoms with Crippen molar-refractivity contribution in [1.29, 1.82) is 0 Å². The lowest BCUT2D eigenvalue weighted by molar-refractivity contribution is -0.156. The topological polar surface area (TPSA) is 162 Å². The summed E-state index contributed by atoms with van der Waals surface area (Å²) in [6, 6.07) is 7.31. The highest BCUT2D eigenvalue weighted by Gasteiger charge is 2.52. The van der Waals surface area contributed by atoms with Crippen molar-refractivity contribution < 1.29 is 38.1 Å². The molecule has 11 rings (SSSR count). The van der Waals surface area contributed by atoms with Crippen LogP contribution in [0.4, 0.5) is 0 Å². The Morgan fingerprint density at radius 3 is 2.49 bits per heavy atom. The van der Waals surface area contributed by atoms with Gasteiger partial charge in [-0.2, -0.15) is 0 Å². The fraction of sp³-hybridized carbons (Fsp3) is 0.667. The minimum absolute atomic E-state index is 0.0241. The summed E-state index contributed by atoms with van der Waals surface area (Å²) in [6.45, 7) is 23.2. The summed E-state index contributed by atoms with van der Waals surface area (Å²) in [5, 5.41) is 8.81. The zero-order valence-corrected chi connectivity index (χ0v) is 45.6. The number of hydrazine groups is 1. The molecule has 7 aliphatic rings. The average molecular weight is 1040 g/mol. The minimum Gasteiger partial charge on any atom is -0.464 e. The number of ether oxygens (including phenoxy) is 5. The summed E-state index contributed by atoms with van der Waals surface area (Å²) in [4.78, 5) is 59.3. The van der Waals surface area contributed by atoms with Gasteiger partial charge in [0.1, 0.15) is 17.1 Å². The maximum absolute atomic E-state index is 15.1. The highest BCUT2D eigenvalue weighted by molar-refractivity contribution is 7.10. The number of likely N-dealkylation sites (tertiary alicyclic amines) is 2. The van der Waals surface area contributed by atoms with Crippen molar-refractivity contribution in [3.63, 3.8) is 0 Å². The Kier molecular flexibility index (Phi) is 14.6. The van der Waals surface area contributed by atoms with E-state index in [2.05, 4.69) is 109 Å². The minimum atomic E-state index is -0.945. The lowest BCUT2D eigenvalue weighted by Crippen LogP contribution is -2.65. The van der Waals surface area contributed by atoms with Crippen molar-refractivity contribution in [3.8, 4) is 22.5 Å². The molecule has 5 saturated heterocycles. The third-order valence-corrected chi connectivity index (χ3v) is 18.4. The van der Waals surface area contributed by atoms with Crippen LogP contribution in [0.5, 0.6) is 0 Å². The zero-order valence-electron chi connectivity index (χ0n) is 44.8. The van der Waals surface area contributed by atoms with E-state index in [0.717, 1.165) is 108 Å². The van der Waals surface area contributed by atoms with Gasteiger partial charge < -0.3 is 33.6 Å². The molecule has 1 saturated carbocycles. The van der Waals surface area contributed by atoms with Gasteiger partial charge in [-0.3, -0.25) is 34.2 Å². The summed E-state index contributed by atoms with van der Waals surface area (Å²) < 4.78 is 32.9. The normalized spacial score (nSPS) is 29.4. The first kappa shape index (κ1) is 51.8. The van der Waals surface area contributed by atoms with E-state index < -0.39 is 29.5 Å². The number of nitrogens with zero attached hydrogens (tertiary/aromatic N) is 6. The molecule has 4 aromatic rings. The van der Waals surface area contributed by atoms with E-state index in [0.29, 0.717) is 64.1 Å². The van der Waals surface area contributed by atoms with E-state index in [4.69, 9.17) is 33.7 Å². The first-order valence-corrected chi connectivity index (χ1v) is 28.4. The van der Waals surface area contributed by atoms with Gasteiger partial charge in [0.2, 0.25) is 5.91 Å². The number of carbonyl (C=O) groups excluding carboxylic acids is 3. The highest BCUT2D eigenvalue weighted by Crippen LogP contribution is 2.48. The Morgan fingerprint density at radius 2 is 1.77 bits per heavy atom.